The number of anilines is 1. The molecule has 0 spiro atoms. The van der Waals surface area contributed by atoms with E-state index < -0.39 is 23.8 Å². The molecule has 0 bridgehead atoms. The SMILES string of the molecule is COc1ccc(NC(=O)CC2C(=O)N(Cc3ccccc3)C(=S)N2NC(=O)c2ccc(Cl)cc2Cl)cc1. The minimum atomic E-state index is -1.07. The lowest BCUT2D eigenvalue weighted by Gasteiger charge is -2.24. The molecule has 0 saturated carbocycles. The van der Waals surface area contributed by atoms with E-state index in [-0.39, 0.29) is 28.7 Å². The summed E-state index contributed by atoms with van der Waals surface area (Å²) in [6.07, 6.45) is -0.259. The second kappa shape index (κ2) is 11.6. The highest BCUT2D eigenvalue weighted by Gasteiger charge is 2.44. The first-order valence-corrected chi connectivity index (χ1v) is 12.3. The zero-order valence-electron chi connectivity index (χ0n) is 19.6. The number of ether oxygens (including phenoxy) is 1. The van der Waals surface area contributed by atoms with Gasteiger partial charge in [0.15, 0.2) is 5.11 Å². The average molecular weight is 557 g/mol. The number of nitrogens with one attached hydrogen (secondary N) is 2. The molecule has 0 aliphatic carbocycles. The van der Waals surface area contributed by atoms with Gasteiger partial charge >= 0.3 is 0 Å². The van der Waals surface area contributed by atoms with Crippen LogP contribution >= 0.6 is 35.4 Å². The van der Waals surface area contributed by atoms with E-state index in [4.69, 9.17) is 40.2 Å². The van der Waals surface area contributed by atoms with Gasteiger partial charge in [0.1, 0.15) is 11.8 Å². The Morgan fingerprint density at radius 3 is 2.38 bits per heavy atom. The van der Waals surface area contributed by atoms with E-state index in [2.05, 4.69) is 10.7 Å². The van der Waals surface area contributed by atoms with Crippen LogP contribution in [0.4, 0.5) is 5.69 Å². The van der Waals surface area contributed by atoms with Crippen molar-refractivity contribution in [1.82, 2.24) is 15.3 Å². The number of thiocarbonyl (C=S) groups is 1. The third-order valence-electron chi connectivity index (χ3n) is 5.63. The molecule has 1 aliphatic rings. The summed E-state index contributed by atoms with van der Waals surface area (Å²) in [6, 6.07) is 19.4. The van der Waals surface area contributed by atoms with Crippen LogP contribution in [0.1, 0.15) is 22.3 Å². The number of halogens is 2. The van der Waals surface area contributed by atoms with E-state index >= 15 is 0 Å². The maximum absolute atomic E-state index is 13.4. The molecular formula is C26H22Cl2N4O4S. The van der Waals surface area contributed by atoms with Gasteiger partial charge in [0.05, 0.1) is 30.7 Å². The molecule has 1 atom stereocenters. The molecule has 1 saturated heterocycles. The Morgan fingerprint density at radius 2 is 1.73 bits per heavy atom. The molecule has 0 radical (unpaired) electrons. The van der Waals surface area contributed by atoms with Crippen molar-refractivity contribution in [2.24, 2.45) is 0 Å². The Bertz CT molecular complexity index is 1340. The van der Waals surface area contributed by atoms with Gasteiger partial charge in [-0.2, -0.15) is 0 Å². The summed E-state index contributed by atoms with van der Waals surface area (Å²) in [5, 5.41) is 4.57. The summed E-state index contributed by atoms with van der Waals surface area (Å²) in [4.78, 5) is 40.8. The van der Waals surface area contributed by atoms with E-state index in [1.54, 1.807) is 31.4 Å². The van der Waals surface area contributed by atoms with Crippen LogP contribution in [0.15, 0.2) is 72.8 Å². The first-order valence-electron chi connectivity index (χ1n) is 11.1. The lowest BCUT2D eigenvalue weighted by atomic mass is 10.1. The van der Waals surface area contributed by atoms with Crippen LogP contribution in [0, 0.1) is 0 Å². The minimum Gasteiger partial charge on any atom is -0.497 e. The maximum Gasteiger partial charge on any atom is 0.271 e. The van der Waals surface area contributed by atoms with Gasteiger partial charge in [0.25, 0.3) is 11.8 Å². The Morgan fingerprint density at radius 1 is 1.03 bits per heavy atom. The summed E-state index contributed by atoms with van der Waals surface area (Å²) >= 11 is 17.7. The summed E-state index contributed by atoms with van der Waals surface area (Å²) < 4.78 is 5.13. The number of amides is 3. The molecule has 190 valence electrons. The summed E-state index contributed by atoms with van der Waals surface area (Å²) in [6.45, 7) is 0.184. The monoisotopic (exact) mass is 556 g/mol. The zero-order valence-corrected chi connectivity index (χ0v) is 21.9. The van der Waals surface area contributed by atoms with E-state index in [0.29, 0.717) is 16.5 Å². The predicted octanol–water partition coefficient (Wildman–Crippen LogP) is 4.67. The molecule has 11 heteroatoms. The second-order valence-electron chi connectivity index (χ2n) is 8.12. The van der Waals surface area contributed by atoms with E-state index in [9.17, 15) is 14.4 Å². The Kier molecular flexibility index (Phi) is 8.27. The number of hydrogen-bond donors (Lipinski definition) is 2. The van der Waals surface area contributed by atoms with Gasteiger partial charge in [-0.25, -0.2) is 5.01 Å². The molecule has 1 unspecified atom stereocenters. The molecule has 1 aliphatic heterocycles. The molecule has 37 heavy (non-hydrogen) atoms. The fourth-order valence-corrected chi connectivity index (χ4v) is 4.59. The normalized spacial score (nSPS) is 15.1. The lowest BCUT2D eigenvalue weighted by Crippen LogP contribution is -2.49. The first-order chi connectivity index (χ1) is 17.8. The van der Waals surface area contributed by atoms with Crippen LogP contribution in [0.3, 0.4) is 0 Å². The number of hydrazine groups is 1. The molecule has 4 rings (SSSR count). The molecule has 0 aromatic heterocycles. The number of carbonyl (C=O) groups excluding carboxylic acids is 3. The predicted molar refractivity (Wildman–Crippen MR) is 145 cm³/mol. The number of benzene rings is 3. The lowest BCUT2D eigenvalue weighted by molar-refractivity contribution is -0.131. The van der Waals surface area contributed by atoms with Crippen molar-refractivity contribution in [3.63, 3.8) is 0 Å². The summed E-state index contributed by atoms with van der Waals surface area (Å²) in [7, 11) is 1.55. The number of carbonyl (C=O) groups is 3. The van der Waals surface area contributed by atoms with Gasteiger partial charge in [-0.1, -0.05) is 53.5 Å². The van der Waals surface area contributed by atoms with E-state index in [1.807, 2.05) is 30.3 Å². The van der Waals surface area contributed by atoms with E-state index in [1.165, 1.54) is 28.1 Å². The third-order valence-corrected chi connectivity index (χ3v) is 6.60. The standard InChI is InChI=1S/C26H22Cl2N4O4S/c1-36-19-10-8-18(9-11-19)29-23(33)14-22-25(35)31(15-16-5-3-2-4-6-16)26(37)32(22)30-24(34)20-12-7-17(27)13-21(20)28/h2-13,22H,14-15H2,1H3,(H,29,33)(H,30,34). The minimum absolute atomic E-state index is 0.0644. The topological polar surface area (TPSA) is 91.0 Å². The highest BCUT2D eigenvalue weighted by atomic mass is 35.5. The molecule has 3 amide bonds. The molecule has 3 aromatic rings. The molecule has 3 aromatic carbocycles. The Labute approximate surface area is 229 Å². The van der Waals surface area contributed by atoms with Gasteiger partial charge in [0.2, 0.25) is 5.91 Å². The second-order valence-corrected chi connectivity index (χ2v) is 9.33. The Balaban J connectivity index is 1.56. The molecule has 2 N–H and O–H groups in total. The van der Waals surface area contributed by atoms with Crippen molar-refractivity contribution in [2.75, 3.05) is 12.4 Å². The van der Waals surface area contributed by atoms with Crippen molar-refractivity contribution in [1.29, 1.82) is 0 Å². The molecule has 1 heterocycles. The maximum atomic E-state index is 13.4. The van der Waals surface area contributed by atoms with Crippen LogP contribution in [0.5, 0.6) is 5.75 Å². The summed E-state index contributed by atoms with van der Waals surface area (Å²) in [5.74, 6) is -0.808. The van der Waals surface area contributed by atoms with Crippen molar-refractivity contribution >= 4 is 63.9 Å². The van der Waals surface area contributed by atoms with Crippen molar-refractivity contribution < 1.29 is 19.1 Å². The van der Waals surface area contributed by atoms with Gasteiger partial charge in [0, 0.05) is 10.7 Å². The molecular weight excluding hydrogens is 535 g/mol. The number of rotatable bonds is 8. The van der Waals surface area contributed by atoms with Crippen LogP contribution in [0.25, 0.3) is 0 Å². The average Bonchev–Trinajstić information content (AvgIpc) is 3.09. The highest BCUT2D eigenvalue weighted by molar-refractivity contribution is 7.80. The summed E-state index contributed by atoms with van der Waals surface area (Å²) in [5.41, 5.74) is 4.17. The number of methoxy groups -OCH3 is 1. The Hall–Kier alpha value is -3.66. The van der Waals surface area contributed by atoms with E-state index in [0.717, 1.165) is 5.56 Å². The largest absolute Gasteiger partial charge is 0.497 e. The first kappa shape index (κ1) is 26.4. The van der Waals surface area contributed by atoms with Crippen LogP contribution in [-0.4, -0.2) is 45.9 Å². The molecule has 1 fully saturated rings. The third kappa shape index (κ3) is 6.19. The van der Waals surface area contributed by atoms with Crippen molar-refractivity contribution in [2.45, 2.75) is 19.0 Å². The van der Waals surface area contributed by atoms with Crippen LogP contribution in [-0.2, 0) is 16.1 Å². The quantitative estimate of drug-likeness (QED) is 0.392. The number of nitrogens with zero attached hydrogens (tertiary/aromatic N) is 2. The number of hydrogen-bond acceptors (Lipinski definition) is 5. The molecule has 8 nitrogen and oxygen atoms in total. The van der Waals surface area contributed by atoms with Crippen LogP contribution in [0.2, 0.25) is 10.0 Å². The fraction of sp³-hybridized carbons (Fsp3) is 0.154. The van der Waals surface area contributed by atoms with Gasteiger partial charge in [-0.15, -0.1) is 0 Å². The highest BCUT2D eigenvalue weighted by Crippen LogP contribution is 2.25. The van der Waals surface area contributed by atoms with Crippen molar-refractivity contribution in [3.05, 3.63) is 94.0 Å². The smallest absolute Gasteiger partial charge is 0.271 e. The van der Waals surface area contributed by atoms with Gasteiger partial charge in [-0.3, -0.25) is 24.7 Å². The van der Waals surface area contributed by atoms with Gasteiger partial charge in [-0.05, 0) is 60.2 Å². The fourth-order valence-electron chi connectivity index (χ4n) is 3.77. The van der Waals surface area contributed by atoms with Gasteiger partial charge < -0.3 is 10.1 Å². The zero-order chi connectivity index (χ0) is 26.5. The van der Waals surface area contributed by atoms with Crippen LogP contribution < -0.4 is 15.5 Å². The van der Waals surface area contributed by atoms with Crippen molar-refractivity contribution in [3.8, 4) is 5.75 Å².